The van der Waals surface area contributed by atoms with Crippen LogP contribution in [0.15, 0.2) is 0 Å². The molecule has 0 aliphatic rings. The van der Waals surface area contributed by atoms with Gasteiger partial charge in [-0.15, -0.1) is 0 Å². The maximum absolute atomic E-state index is 4.63. The third-order valence-corrected chi connectivity index (χ3v) is 0.405. The molecule has 2 radical (unpaired) electrons. The summed E-state index contributed by atoms with van der Waals surface area (Å²) in [6.45, 7) is 1.03. The molecule has 0 saturated carbocycles. The fourth-order valence-corrected chi connectivity index (χ4v) is 0.131. The average Bonchev–Trinajstić information content (AvgIpc) is 1.61. The molecule has 0 bridgehead atoms. The highest BCUT2D eigenvalue weighted by atomic mass is 16.5. The van der Waals surface area contributed by atoms with Gasteiger partial charge in [0.15, 0.2) is 0 Å². The van der Waals surface area contributed by atoms with Gasteiger partial charge in [0.25, 0.3) is 0 Å². The van der Waals surface area contributed by atoms with Gasteiger partial charge in [0.2, 0.25) is 0 Å². The zero-order valence-electron chi connectivity index (χ0n) is 3.81. The SMILES string of the molecule is [CH]OCCOC. The molecule has 36 valence electrons. The lowest BCUT2D eigenvalue weighted by molar-refractivity contribution is 0.121. The van der Waals surface area contributed by atoms with Crippen LogP contribution in [0.25, 0.3) is 0 Å². The van der Waals surface area contributed by atoms with Crippen molar-refractivity contribution in [2.75, 3.05) is 20.3 Å². The van der Waals surface area contributed by atoms with Crippen molar-refractivity contribution in [3.05, 3.63) is 7.11 Å². The first-order valence-corrected chi connectivity index (χ1v) is 1.72. The van der Waals surface area contributed by atoms with Crippen LogP contribution in [-0.4, -0.2) is 20.3 Å². The van der Waals surface area contributed by atoms with E-state index >= 15 is 0 Å². The van der Waals surface area contributed by atoms with Crippen molar-refractivity contribution in [3.63, 3.8) is 0 Å². The van der Waals surface area contributed by atoms with Gasteiger partial charge in [0.05, 0.1) is 13.2 Å². The first kappa shape index (κ1) is 5.92. The Kier molecular flexibility index (Phi) is 4.85. The molecule has 0 aromatic rings. The van der Waals surface area contributed by atoms with E-state index in [0.717, 1.165) is 0 Å². The molecule has 2 nitrogen and oxygen atoms in total. The molecule has 0 aliphatic heterocycles. The molecule has 0 aromatic heterocycles. The lowest BCUT2D eigenvalue weighted by atomic mass is 10.8. The standard InChI is InChI=1S/C4H8O2/c1-5-3-4-6-2/h1H,3-4H2,2H3. The first-order chi connectivity index (χ1) is 2.91. The van der Waals surface area contributed by atoms with Gasteiger partial charge in [0.1, 0.15) is 7.11 Å². The van der Waals surface area contributed by atoms with Crippen LogP contribution >= 0.6 is 0 Å². The van der Waals surface area contributed by atoms with E-state index in [2.05, 4.69) is 16.6 Å². The molecular weight excluding hydrogens is 80.0 g/mol. The summed E-state index contributed by atoms with van der Waals surface area (Å²) in [5, 5.41) is 0. The molecule has 0 rings (SSSR count). The number of methoxy groups -OCH3 is 1. The van der Waals surface area contributed by atoms with E-state index in [1.54, 1.807) is 7.11 Å². The maximum atomic E-state index is 4.63. The van der Waals surface area contributed by atoms with Crippen LogP contribution in [0.2, 0.25) is 0 Å². The van der Waals surface area contributed by atoms with Crippen molar-refractivity contribution in [2.45, 2.75) is 0 Å². The summed E-state index contributed by atoms with van der Waals surface area (Å²) in [4.78, 5) is 0. The molecule has 0 N–H and O–H groups in total. The number of hydrogen-bond acceptors (Lipinski definition) is 2. The van der Waals surface area contributed by atoms with Gasteiger partial charge >= 0.3 is 0 Å². The molecule has 0 aliphatic carbocycles. The molecule has 0 atom stereocenters. The van der Waals surface area contributed by atoms with E-state index in [4.69, 9.17) is 0 Å². The lowest BCUT2D eigenvalue weighted by Crippen LogP contribution is -1.95. The highest BCUT2D eigenvalue weighted by Crippen LogP contribution is 1.67. The Morgan fingerprint density at radius 3 is 2.33 bits per heavy atom. The summed E-state index contributed by atoms with van der Waals surface area (Å²) in [6, 6.07) is 0. The molecule has 0 saturated heterocycles. The largest absolute Gasteiger partial charge is 0.382 e. The van der Waals surface area contributed by atoms with Crippen LogP contribution < -0.4 is 0 Å². The van der Waals surface area contributed by atoms with E-state index in [-0.39, 0.29) is 0 Å². The highest BCUT2D eigenvalue weighted by molar-refractivity contribution is 4.20. The second-order valence-corrected chi connectivity index (χ2v) is 0.864. The quantitative estimate of drug-likeness (QED) is 0.462. The summed E-state index contributed by atoms with van der Waals surface area (Å²) in [5.41, 5.74) is 0. The molecule has 6 heavy (non-hydrogen) atoms. The average molecular weight is 88.1 g/mol. The first-order valence-electron chi connectivity index (χ1n) is 1.72. The van der Waals surface area contributed by atoms with E-state index in [0.29, 0.717) is 13.2 Å². The monoisotopic (exact) mass is 88.1 g/mol. The van der Waals surface area contributed by atoms with Crippen molar-refractivity contribution < 1.29 is 9.47 Å². The fourth-order valence-electron chi connectivity index (χ4n) is 0.131. The Labute approximate surface area is 38.1 Å². The van der Waals surface area contributed by atoms with E-state index in [1.165, 1.54) is 0 Å². The van der Waals surface area contributed by atoms with Crippen molar-refractivity contribution in [2.24, 2.45) is 0 Å². The Balaban J connectivity index is 2.34. The Morgan fingerprint density at radius 2 is 2.17 bits per heavy atom. The third-order valence-electron chi connectivity index (χ3n) is 0.405. The molecule has 0 fully saturated rings. The van der Waals surface area contributed by atoms with Gasteiger partial charge in [0, 0.05) is 7.11 Å². The molecule has 0 heterocycles. The maximum Gasteiger partial charge on any atom is 0.115 e. The predicted octanol–water partition coefficient (Wildman–Crippen LogP) is 0.318. The number of ether oxygens (including phenoxy) is 2. The van der Waals surface area contributed by atoms with Gasteiger partial charge in [-0.05, 0) is 0 Å². The van der Waals surface area contributed by atoms with Gasteiger partial charge in [-0.25, -0.2) is 0 Å². The minimum absolute atomic E-state index is 0.469. The minimum Gasteiger partial charge on any atom is -0.382 e. The smallest absolute Gasteiger partial charge is 0.115 e. The molecule has 0 spiro atoms. The minimum atomic E-state index is 0.469. The molecular formula is C4H8O2. The van der Waals surface area contributed by atoms with E-state index < -0.39 is 0 Å². The molecule has 0 aromatic carbocycles. The summed E-state index contributed by atoms with van der Waals surface area (Å²) >= 11 is 0. The van der Waals surface area contributed by atoms with Crippen LogP contribution in [0.3, 0.4) is 0 Å². The normalized spacial score (nSPS) is 9.00. The van der Waals surface area contributed by atoms with E-state index in [9.17, 15) is 0 Å². The Bertz CT molecular complexity index is 17.5. The highest BCUT2D eigenvalue weighted by Gasteiger charge is 1.74. The molecule has 2 heteroatoms. The lowest BCUT2D eigenvalue weighted by Gasteiger charge is -1.91. The predicted molar refractivity (Wildman–Crippen MR) is 22.1 cm³/mol. The van der Waals surface area contributed by atoms with Crippen molar-refractivity contribution in [1.82, 2.24) is 0 Å². The summed E-state index contributed by atoms with van der Waals surface area (Å²) in [7, 11) is 6.23. The number of rotatable bonds is 3. The Hall–Kier alpha value is -0.0800. The van der Waals surface area contributed by atoms with Crippen LogP contribution in [0.5, 0.6) is 0 Å². The van der Waals surface area contributed by atoms with Crippen molar-refractivity contribution >= 4 is 0 Å². The van der Waals surface area contributed by atoms with Gasteiger partial charge in [-0.1, -0.05) is 0 Å². The van der Waals surface area contributed by atoms with Crippen LogP contribution in [0.1, 0.15) is 0 Å². The van der Waals surface area contributed by atoms with E-state index in [1.807, 2.05) is 0 Å². The summed E-state index contributed by atoms with van der Waals surface area (Å²) in [6.07, 6.45) is 0. The van der Waals surface area contributed by atoms with Crippen LogP contribution in [-0.2, 0) is 9.47 Å². The van der Waals surface area contributed by atoms with Crippen molar-refractivity contribution in [1.29, 1.82) is 0 Å². The fraction of sp³-hybridized carbons (Fsp3) is 0.750. The summed E-state index contributed by atoms with van der Waals surface area (Å²) < 4.78 is 8.73. The van der Waals surface area contributed by atoms with Crippen molar-refractivity contribution in [3.8, 4) is 0 Å². The van der Waals surface area contributed by atoms with Crippen LogP contribution in [0, 0.1) is 7.11 Å². The molecule has 0 unspecified atom stereocenters. The second kappa shape index (κ2) is 4.92. The molecule has 0 amide bonds. The Morgan fingerprint density at radius 1 is 1.50 bits per heavy atom. The summed E-state index contributed by atoms with van der Waals surface area (Å²) in [5.74, 6) is 0. The van der Waals surface area contributed by atoms with Gasteiger partial charge in [-0.3, -0.25) is 0 Å². The van der Waals surface area contributed by atoms with Gasteiger partial charge in [-0.2, -0.15) is 0 Å². The topological polar surface area (TPSA) is 18.5 Å². The van der Waals surface area contributed by atoms with Crippen LogP contribution in [0.4, 0.5) is 0 Å². The second-order valence-electron chi connectivity index (χ2n) is 0.864. The third kappa shape index (κ3) is 3.92. The zero-order chi connectivity index (χ0) is 4.83. The number of hydrogen-bond donors (Lipinski definition) is 0. The zero-order valence-corrected chi connectivity index (χ0v) is 3.81. The van der Waals surface area contributed by atoms with Gasteiger partial charge < -0.3 is 9.47 Å².